The molecular formula is C16H15NO5. The van der Waals surface area contributed by atoms with Crippen molar-refractivity contribution in [3.8, 4) is 11.5 Å². The van der Waals surface area contributed by atoms with E-state index in [2.05, 4.69) is 5.32 Å². The smallest absolute Gasteiger partial charge is 0.330 e. The van der Waals surface area contributed by atoms with Gasteiger partial charge in [-0.2, -0.15) is 0 Å². The molecule has 0 spiro atoms. The molecule has 1 amide bonds. The molecule has 0 fully saturated rings. The second-order valence-electron chi connectivity index (χ2n) is 4.56. The summed E-state index contributed by atoms with van der Waals surface area (Å²) >= 11 is 0. The summed E-state index contributed by atoms with van der Waals surface area (Å²) in [6, 6.07) is 10.8. The second-order valence-corrected chi connectivity index (χ2v) is 4.56. The van der Waals surface area contributed by atoms with Crippen LogP contribution in [0.5, 0.6) is 11.5 Å². The van der Waals surface area contributed by atoms with E-state index in [0.717, 1.165) is 0 Å². The first-order valence-corrected chi connectivity index (χ1v) is 6.48. The third kappa shape index (κ3) is 3.54. The molecule has 6 heteroatoms. The van der Waals surface area contributed by atoms with Crippen LogP contribution >= 0.6 is 0 Å². The summed E-state index contributed by atoms with van der Waals surface area (Å²) in [5, 5.41) is 21.0. The number of hydrogen-bond donors (Lipinski definition) is 3. The molecule has 6 nitrogen and oxygen atoms in total. The van der Waals surface area contributed by atoms with Crippen molar-refractivity contribution in [2.24, 2.45) is 0 Å². The van der Waals surface area contributed by atoms with E-state index in [1.807, 2.05) is 0 Å². The number of aromatic hydroxyl groups is 1. The number of carboxylic acid groups (broad SMARTS) is 1. The maximum absolute atomic E-state index is 12.1. The fourth-order valence-corrected chi connectivity index (χ4v) is 1.91. The molecule has 0 heterocycles. The van der Waals surface area contributed by atoms with Crippen LogP contribution in [0.3, 0.4) is 0 Å². The maximum Gasteiger partial charge on any atom is 0.330 e. The van der Waals surface area contributed by atoms with Gasteiger partial charge in [0.15, 0.2) is 6.04 Å². The number of carbonyl (C=O) groups excluding carboxylic acids is 1. The molecule has 0 saturated heterocycles. The van der Waals surface area contributed by atoms with E-state index < -0.39 is 17.9 Å². The highest BCUT2D eigenvalue weighted by Crippen LogP contribution is 2.18. The van der Waals surface area contributed by atoms with Crippen LogP contribution in [0.1, 0.15) is 22.0 Å². The largest absolute Gasteiger partial charge is 0.508 e. The Hall–Kier alpha value is -3.02. The predicted octanol–water partition coefficient (Wildman–Crippen LogP) is 1.96. The van der Waals surface area contributed by atoms with Crippen LogP contribution in [0.15, 0.2) is 48.5 Å². The average molecular weight is 301 g/mol. The van der Waals surface area contributed by atoms with Gasteiger partial charge >= 0.3 is 5.97 Å². The molecule has 0 bridgehead atoms. The van der Waals surface area contributed by atoms with Gasteiger partial charge in [-0.1, -0.05) is 12.1 Å². The van der Waals surface area contributed by atoms with Crippen LogP contribution in [-0.4, -0.2) is 29.2 Å². The van der Waals surface area contributed by atoms with E-state index in [1.165, 1.54) is 31.4 Å². The maximum atomic E-state index is 12.1. The van der Waals surface area contributed by atoms with Gasteiger partial charge in [-0.25, -0.2) is 4.79 Å². The molecule has 0 aliphatic heterocycles. The molecule has 2 aromatic carbocycles. The van der Waals surface area contributed by atoms with E-state index in [9.17, 15) is 19.8 Å². The van der Waals surface area contributed by atoms with E-state index in [4.69, 9.17) is 4.74 Å². The number of aliphatic carboxylic acids is 1. The number of phenols is 1. The van der Waals surface area contributed by atoms with Crippen molar-refractivity contribution >= 4 is 11.9 Å². The van der Waals surface area contributed by atoms with E-state index in [1.54, 1.807) is 24.3 Å². The number of methoxy groups -OCH3 is 1. The zero-order valence-corrected chi connectivity index (χ0v) is 11.8. The molecule has 0 saturated carbocycles. The summed E-state index contributed by atoms with van der Waals surface area (Å²) in [7, 11) is 1.51. The Balaban J connectivity index is 2.18. The summed E-state index contributed by atoms with van der Waals surface area (Å²) in [4.78, 5) is 23.5. The highest BCUT2D eigenvalue weighted by atomic mass is 16.5. The van der Waals surface area contributed by atoms with Gasteiger partial charge in [0, 0.05) is 5.56 Å². The zero-order valence-electron chi connectivity index (χ0n) is 11.8. The molecule has 22 heavy (non-hydrogen) atoms. The van der Waals surface area contributed by atoms with Crippen LogP contribution in [0.4, 0.5) is 0 Å². The van der Waals surface area contributed by atoms with Crippen molar-refractivity contribution in [1.82, 2.24) is 5.32 Å². The Morgan fingerprint density at radius 3 is 2.14 bits per heavy atom. The number of ether oxygens (including phenoxy) is 1. The summed E-state index contributed by atoms with van der Waals surface area (Å²) in [6.07, 6.45) is 0. The zero-order chi connectivity index (χ0) is 16.1. The Kier molecular flexibility index (Phi) is 4.63. The Morgan fingerprint density at radius 1 is 1.05 bits per heavy atom. The van der Waals surface area contributed by atoms with Gasteiger partial charge in [0.05, 0.1) is 7.11 Å². The Bertz CT molecular complexity index is 664. The molecular weight excluding hydrogens is 286 g/mol. The van der Waals surface area contributed by atoms with Crippen molar-refractivity contribution in [3.63, 3.8) is 0 Å². The molecule has 1 atom stereocenters. The van der Waals surface area contributed by atoms with Gasteiger partial charge in [-0.05, 0) is 42.0 Å². The minimum Gasteiger partial charge on any atom is -0.508 e. The van der Waals surface area contributed by atoms with Crippen LogP contribution in [0.25, 0.3) is 0 Å². The third-order valence-electron chi connectivity index (χ3n) is 3.10. The molecule has 0 radical (unpaired) electrons. The van der Waals surface area contributed by atoms with Crippen LogP contribution in [-0.2, 0) is 4.79 Å². The first kappa shape index (κ1) is 15.4. The number of amides is 1. The van der Waals surface area contributed by atoms with Crippen molar-refractivity contribution in [2.45, 2.75) is 6.04 Å². The van der Waals surface area contributed by atoms with Gasteiger partial charge < -0.3 is 20.3 Å². The summed E-state index contributed by atoms with van der Waals surface area (Å²) in [5.41, 5.74) is 0.693. The lowest BCUT2D eigenvalue weighted by molar-refractivity contribution is -0.139. The standard InChI is InChI=1S/C16H15NO5/c1-22-13-8-4-11(5-9-13)15(19)17-14(16(20)21)10-2-6-12(18)7-3-10/h2-9,14,18H,1H3,(H,17,19)(H,20,21)/t14-/m0/s1. The van der Waals surface area contributed by atoms with Crippen molar-refractivity contribution in [2.75, 3.05) is 7.11 Å². The predicted molar refractivity (Wildman–Crippen MR) is 78.9 cm³/mol. The molecule has 3 N–H and O–H groups in total. The summed E-state index contributed by atoms with van der Waals surface area (Å²) in [6.45, 7) is 0. The van der Waals surface area contributed by atoms with E-state index in [0.29, 0.717) is 16.9 Å². The highest BCUT2D eigenvalue weighted by Gasteiger charge is 2.22. The van der Waals surface area contributed by atoms with E-state index >= 15 is 0 Å². The number of carbonyl (C=O) groups is 2. The first-order valence-electron chi connectivity index (χ1n) is 6.48. The molecule has 0 unspecified atom stereocenters. The number of carboxylic acids is 1. The fourth-order valence-electron chi connectivity index (χ4n) is 1.91. The number of hydrogen-bond acceptors (Lipinski definition) is 4. The molecule has 2 aromatic rings. The first-order chi connectivity index (χ1) is 10.5. The van der Waals surface area contributed by atoms with Gasteiger partial charge in [0.25, 0.3) is 5.91 Å². The molecule has 114 valence electrons. The van der Waals surface area contributed by atoms with Gasteiger partial charge in [-0.3, -0.25) is 4.79 Å². The monoisotopic (exact) mass is 301 g/mol. The Morgan fingerprint density at radius 2 is 1.64 bits per heavy atom. The van der Waals surface area contributed by atoms with Crippen molar-refractivity contribution in [1.29, 1.82) is 0 Å². The van der Waals surface area contributed by atoms with Gasteiger partial charge in [-0.15, -0.1) is 0 Å². The Labute approximate surface area is 127 Å². The number of benzene rings is 2. The molecule has 0 aliphatic carbocycles. The van der Waals surface area contributed by atoms with Crippen LogP contribution < -0.4 is 10.1 Å². The third-order valence-corrected chi connectivity index (χ3v) is 3.10. The fraction of sp³-hybridized carbons (Fsp3) is 0.125. The minimum absolute atomic E-state index is 0.0226. The summed E-state index contributed by atoms with van der Waals surface area (Å²) in [5.74, 6) is -1.07. The van der Waals surface area contributed by atoms with Crippen molar-refractivity contribution in [3.05, 3.63) is 59.7 Å². The number of rotatable bonds is 5. The number of nitrogens with one attached hydrogen (secondary N) is 1. The average Bonchev–Trinajstić information content (AvgIpc) is 2.53. The van der Waals surface area contributed by atoms with E-state index in [-0.39, 0.29) is 5.75 Å². The highest BCUT2D eigenvalue weighted by molar-refractivity contribution is 5.96. The van der Waals surface area contributed by atoms with Crippen LogP contribution in [0, 0.1) is 0 Å². The SMILES string of the molecule is COc1ccc(C(=O)N[C@H](C(=O)O)c2ccc(O)cc2)cc1. The lowest BCUT2D eigenvalue weighted by Crippen LogP contribution is -2.33. The lowest BCUT2D eigenvalue weighted by Gasteiger charge is -2.15. The van der Waals surface area contributed by atoms with Gasteiger partial charge in [0.1, 0.15) is 11.5 Å². The topological polar surface area (TPSA) is 95.9 Å². The normalized spacial score (nSPS) is 11.5. The second kappa shape index (κ2) is 6.62. The molecule has 0 aromatic heterocycles. The van der Waals surface area contributed by atoms with Crippen molar-refractivity contribution < 1.29 is 24.5 Å². The lowest BCUT2D eigenvalue weighted by atomic mass is 10.1. The minimum atomic E-state index is -1.20. The molecule has 2 rings (SSSR count). The van der Waals surface area contributed by atoms with Crippen LogP contribution in [0.2, 0.25) is 0 Å². The quantitative estimate of drug-likeness (QED) is 0.784. The van der Waals surface area contributed by atoms with Gasteiger partial charge in [0.2, 0.25) is 0 Å². The molecule has 0 aliphatic rings. The summed E-state index contributed by atoms with van der Waals surface area (Å²) < 4.78 is 5.00. The number of phenolic OH excluding ortho intramolecular Hbond substituents is 1.